The van der Waals surface area contributed by atoms with E-state index in [1.165, 1.54) is 16.0 Å². The van der Waals surface area contributed by atoms with Crippen LogP contribution in [0, 0.1) is 11.8 Å². The summed E-state index contributed by atoms with van der Waals surface area (Å²) >= 11 is 0. The van der Waals surface area contributed by atoms with E-state index in [9.17, 15) is 9.59 Å². The number of allylic oxidation sites excluding steroid dienone is 2. The van der Waals surface area contributed by atoms with Crippen LogP contribution in [0.1, 0.15) is 64.9 Å². The predicted molar refractivity (Wildman–Crippen MR) is 137 cm³/mol. The van der Waals surface area contributed by atoms with Crippen LogP contribution in [0.2, 0.25) is 0 Å². The van der Waals surface area contributed by atoms with E-state index in [0.29, 0.717) is 31.5 Å². The van der Waals surface area contributed by atoms with Crippen molar-refractivity contribution in [1.82, 2.24) is 4.90 Å². The molecule has 198 valence electrons. The number of hydrogen-bond donors (Lipinski definition) is 1. The molecule has 3 atom stereocenters. The Morgan fingerprint density at radius 2 is 1.97 bits per heavy atom. The number of methoxy groups -OCH3 is 1. The highest BCUT2D eigenvalue weighted by molar-refractivity contribution is 5.74. The third-order valence-electron chi connectivity index (χ3n) is 7.63. The molecule has 0 bridgehead atoms. The highest BCUT2D eigenvalue weighted by Crippen LogP contribution is 2.30. The van der Waals surface area contributed by atoms with Gasteiger partial charge in [0.2, 0.25) is 0 Å². The Balaban J connectivity index is 1.20. The van der Waals surface area contributed by atoms with Crippen LogP contribution in [0.3, 0.4) is 0 Å². The fourth-order valence-electron chi connectivity index (χ4n) is 5.40. The van der Waals surface area contributed by atoms with E-state index in [2.05, 4.69) is 17.1 Å². The number of aromatic nitrogens is 1. The number of piperidine rings is 1. The third-order valence-corrected chi connectivity index (χ3v) is 7.63. The molecule has 2 unspecified atom stereocenters. The molecular weight excluding hydrogens is 458 g/mol. The summed E-state index contributed by atoms with van der Waals surface area (Å²) in [5.41, 5.74) is 2.04. The maximum Gasteiger partial charge on any atom is 0.482 e. The highest BCUT2D eigenvalue weighted by atomic mass is 16.6. The van der Waals surface area contributed by atoms with Crippen molar-refractivity contribution in [2.45, 2.75) is 71.0 Å². The summed E-state index contributed by atoms with van der Waals surface area (Å²) in [7, 11) is 1.75. The minimum Gasteiger partial charge on any atom is -0.444 e. The molecule has 1 aliphatic carbocycles. The summed E-state index contributed by atoms with van der Waals surface area (Å²) in [5, 5.41) is 0. The zero-order chi connectivity index (χ0) is 25.7. The van der Waals surface area contributed by atoms with Crippen molar-refractivity contribution in [3.05, 3.63) is 30.0 Å². The normalized spacial score (nSPS) is 25.4. The average Bonchev–Trinajstić information content (AvgIpc) is 3.36. The number of nitrogens with one attached hydrogen (secondary N) is 2. The highest BCUT2D eigenvalue weighted by Gasteiger charge is 2.41. The van der Waals surface area contributed by atoms with E-state index in [1.54, 1.807) is 12.0 Å². The first-order chi connectivity index (χ1) is 17.2. The van der Waals surface area contributed by atoms with Crippen molar-refractivity contribution >= 4 is 17.6 Å². The van der Waals surface area contributed by atoms with Gasteiger partial charge in [0, 0.05) is 32.2 Å². The van der Waals surface area contributed by atoms with Crippen LogP contribution in [-0.2, 0) is 9.47 Å². The van der Waals surface area contributed by atoms with Gasteiger partial charge in [-0.05, 0) is 70.4 Å². The number of likely N-dealkylation sites (tertiary alicyclic amines) is 2. The van der Waals surface area contributed by atoms with Crippen LogP contribution in [0.15, 0.2) is 24.4 Å². The molecule has 3 heterocycles. The van der Waals surface area contributed by atoms with Crippen molar-refractivity contribution < 1.29 is 33.7 Å². The largest absolute Gasteiger partial charge is 0.482 e. The molecule has 3 N–H and O–H groups in total. The number of rotatable bonds is 6. The summed E-state index contributed by atoms with van der Waals surface area (Å²) in [6, 6.07) is 4.11. The number of pyridine rings is 1. The van der Waals surface area contributed by atoms with Gasteiger partial charge in [-0.2, -0.15) is 4.98 Å². The number of carbonyl (C=O) groups is 1. The van der Waals surface area contributed by atoms with Gasteiger partial charge in [0.1, 0.15) is 24.2 Å². The van der Waals surface area contributed by atoms with Gasteiger partial charge < -0.3 is 19.1 Å². The summed E-state index contributed by atoms with van der Waals surface area (Å²) in [4.78, 5) is 29.3. The minimum absolute atomic E-state index is 0.223. The molecule has 4 rings (SSSR count). The molecule has 8 nitrogen and oxygen atoms in total. The number of amides is 2. The number of H-pyrrole nitrogens is 1. The molecule has 2 saturated heterocycles. The number of carbonyl (C=O) groups excluding carboxylic acids is 2. The lowest BCUT2D eigenvalue weighted by atomic mass is 9.86. The lowest BCUT2D eigenvalue weighted by Crippen LogP contribution is -3.14. The second-order valence-electron chi connectivity index (χ2n) is 11.5. The quantitative estimate of drug-likeness (QED) is 0.606. The molecule has 36 heavy (non-hydrogen) atoms. The van der Waals surface area contributed by atoms with Gasteiger partial charge in [-0.3, -0.25) is 0 Å². The smallest absolute Gasteiger partial charge is 0.444 e. The summed E-state index contributed by atoms with van der Waals surface area (Å²) in [5.74, 6) is 2.03. The van der Waals surface area contributed by atoms with E-state index in [-0.39, 0.29) is 18.1 Å². The van der Waals surface area contributed by atoms with Crippen molar-refractivity contribution in [3.63, 3.8) is 0 Å². The number of nitrogens with zero attached hydrogens (tertiary/aromatic N) is 1. The third kappa shape index (κ3) is 7.07. The summed E-state index contributed by atoms with van der Waals surface area (Å²) in [6.45, 7) is 9.57. The molecule has 2 fully saturated rings. The first kappa shape index (κ1) is 26.6. The monoisotopic (exact) mass is 502 g/mol. The zero-order valence-electron chi connectivity index (χ0n) is 22.3. The molecule has 3 aliphatic rings. The fourth-order valence-corrected chi connectivity index (χ4v) is 5.40. The Kier molecular flexibility index (Phi) is 8.67. The molecular formula is C28H44N3O5+3. The molecule has 2 amide bonds. The zero-order valence-corrected chi connectivity index (χ0v) is 22.3. The van der Waals surface area contributed by atoms with Crippen LogP contribution in [-0.4, -0.2) is 73.3 Å². The van der Waals surface area contributed by atoms with Gasteiger partial charge in [0.15, 0.2) is 6.20 Å². The van der Waals surface area contributed by atoms with Crippen molar-refractivity contribution in [3.8, 4) is 5.88 Å². The lowest BCUT2D eigenvalue weighted by Gasteiger charge is -2.33. The molecule has 0 spiro atoms. The number of hydrogen-bond acceptors (Lipinski definition) is 4. The Morgan fingerprint density at radius 3 is 2.56 bits per heavy atom. The van der Waals surface area contributed by atoms with Gasteiger partial charge in [0.25, 0.3) is 0 Å². The molecule has 8 heteroatoms. The predicted octanol–water partition coefficient (Wildman–Crippen LogP) is 2.52. The second kappa shape index (κ2) is 11.7. The molecule has 2 aliphatic heterocycles. The van der Waals surface area contributed by atoms with E-state index in [0.717, 1.165) is 57.5 Å². The summed E-state index contributed by atoms with van der Waals surface area (Å²) < 4.78 is 17.0. The van der Waals surface area contributed by atoms with Crippen LogP contribution in [0.25, 0.3) is 5.57 Å². The standard InChI is InChI=1S/C28H41N3O5/c1-28(2,3)36-27(33)30-14-11-20(12-15-30)19-35-25-10-9-23(17-29-25)21-5-7-22(8-6-21)26(32)31-16-13-24(18-31)34-4/h5,9-10,17,20,22,24H,6-8,11-16,18-19H2,1-4H3/p+3/t22?,24-/m0/s1. The molecule has 1 aromatic rings. The molecule has 1 aromatic heterocycles. The van der Waals surface area contributed by atoms with Crippen LogP contribution in [0.4, 0.5) is 4.79 Å². The Morgan fingerprint density at radius 1 is 1.19 bits per heavy atom. The topological polar surface area (TPSA) is 88.0 Å². The number of ether oxygens (including phenoxy) is 3. The van der Waals surface area contributed by atoms with Gasteiger partial charge in [-0.15, -0.1) is 0 Å². The maximum atomic E-state index is 12.2. The van der Waals surface area contributed by atoms with E-state index >= 15 is 0 Å². The Bertz CT molecular complexity index is 931. The molecule has 0 radical (unpaired) electrons. The molecule has 0 aromatic carbocycles. The maximum absolute atomic E-state index is 12.2. The number of aromatic amines is 1. The number of quaternary nitrogens is 1. The first-order valence-electron chi connectivity index (χ1n) is 13.5. The van der Waals surface area contributed by atoms with Crippen LogP contribution in [0.5, 0.6) is 5.88 Å². The summed E-state index contributed by atoms with van der Waals surface area (Å²) in [6.07, 6.45) is 9.99. The second-order valence-corrected chi connectivity index (χ2v) is 11.5. The lowest BCUT2D eigenvalue weighted by molar-refractivity contribution is -0.800. The van der Waals surface area contributed by atoms with Crippen molar-refractivity contribution in [1.29, 1.82) is 0 Å². The van der Waals surface area contributed by atoms with Crippen LogP contribution >= 0.6 is 0 Å². The van der Waals surface area contributed by atoms with Gasteiger partial charge >= 0.3 is 17.9 Å². The van der Waals surface area contributed by atoms with Gasteiger partial charge in [-0.25, -0.2) is 14.5 Å². The van der Waals surface area contributed by atoms with Gasteiger partial charge in [-0.1, -0.05) is 6.08 Å². The molecule has 0 saturated carbocycles. The van der Waals surface area contributed by atoms with Crippen molar-refractivity contribution in [2.75, 3.05) is 39.9 Å². The SMILES string of the molecule is CO[C@H]1CC[NH+](C(=[OH+])C2CC=C(c3ccc(OCC4CCN(C(=O)OC(C)(C)C)CC4)[nH+]c3)CC2)C1. The van der Waals surface area contributed by atoms with E-state index in [4.69, 9.17) is 14.2 Å². The first-order valence-corrected chi connectivity index (χ1v) is 13.5. The van der Waals surface area contributed by atoms with E-state index in [1.807, 2.05) is 33.0 Å². The van der Waals surface area contributed by atoms with Gasteiger partial charge in [0.05, 0.1) is 19.2 Å². The fraction of sp³-hybridized carbons (Fsp3) is 0.679. The van der Waals surface area contributed by atoms with Crippen LogP contribution < -0.4 is 14.6 Å². The average molecular weight is 503 g/mol. The minimum atomic E-state index is -0.461. The van der Waals surface area contributed by atoms with E-state index < -0.39 is 5.60 Å². The Hall–Kier alpha value is -2.45. The van der Waals surface area contributed by atoms with Crippen molar-refractivity contribution in [2.24, 2.45) is 11.8 Å². The Labute approximate surface area is 215 Å².